The maximum Gasteiger partial charge on any atom is 0.311 e. The smallest absolute Gasteiger partial charge is 0.311 e. The zero-order chi connectivity index (χ0) is 16.1. The van der Waals surface area contributed by atoms with E-state index in [1.165, 1.54) is 43.5 Å². The van der Waals surface area contributed by atoms with Gasteiger partial charge < -0.3 is 9.47 Å². The summed E-state index contributed by atoms with van der Waals surface area (Å²) in [6.45, 7) is 0. The number of rotatable bonds is 5. The van der Waals surface area contributed by atoms with E-state index in [9.17, 15) is 14.9 Å². The summed E-state index contributed by atoms with van der Waals surface area (Å²) >= 11 is 0. The van der Waals surface area contributed by atoms with Gasteiger partial charge in [-0.2, -0.15) is 5.26 Å². The Morgan fingerprint density at radius 2 is 1.95 bits per heavy atom. The molecule has 0 aromatic heterocycles. The highest BCUT2D eigenvalue weighted by molar-refractivity contribution is 5.76. The molecule has 0 N–H and O–H groups in total. The van der Waals surface area contributed by atoms with Crippen LogP contribution in [0.15, 0.2) is 36.4 Å². The average Bonchev–Trinajstić information content (AvgIpc) is 2.54. The lowest BCUT2D eigenvalue weighted by atomic mass is 10.2. The molecule has 0 bridgehead atoms. The van der Waals surface area contributed by atoms with Crippen molar-refractivity contribution in [3.05, 3.63) is 57.6 Å². The first-order valence-corrected chi connectivity index (χ1v) is 6.08. The van der Waals surface area contributed by atoms with Crippen LogP contribution in [0.3, 0.4) is 0 Å². The first kappa shape index (κ1) is 15.0. The van der Waals surface area contributed by atoms with Crippen molar-refractivity contribution in [1.82, 2.24) is 0 Å². The minimum atomic E-state index is -0.608. The van der Waals surface area contributed by atoms with Crippen molar-refractivity contribution in [2.45, 2.75) is 0 Å². The molecular weight excluding hydrogens is 288 g/mol. The Labute approximate surface area is 125 Å². The standard InChI is InChI=1S/C15H10N2O5/c1-21-15-7-11(9-18)3-5-13(15)22-14-6-10(8-16)2-4-12(14)17(19)20/h2-7,9H,1H3. The van der Waals surface area contributed by atoms with Gasteiger partial charge in [-0.05, 0) is 24.3 Å². The molecule has 0 heterocycles. The SMILES string of the molecule is COc1cc(C=O)ccc1Oc1cc(C#N)ccc1[N+](=O)[O-]. The van der Waals surface area contributed by atoms with E-state index >= 15 is 0 Å². The monoisotopic (exact) mass is 298 g/mol. The van der Waals surface area contributed by atoms with E-state index in [4.69, 9.17) is 14.7 Å². The van der Waals surface area contributed by atoms with Crippen LogP contribution in [0.4, 0.5) is 5.69 Å². The number of hydrogen-bond donors (Lipinski definition) is 0. The van der Waals surface area contributed by atoms with Crippen LogP contribution in [0.2, 0.25) is 0 Å². The number of nitro benzene ring substituents is 1. The number of ether oxygens (including phenoxy) is 2. The minimum Gasteiger partial charge on any atom is -0.493 e. The van der Waals surface area contributed by atoms with Gasteiger partial charge in [0.2, 0.25) is 5.75 Å². The van der Waals surface area contributed by atoms with E-state index in [0.717, 1.165) is 0 Å². The predicted molar refractivity (Wildman–Crippen MR) is 76.3 cm³/mol. The molecule has 0 radical (unpaired) electrons. The van der Waals surface area contributed by atoms with Crippen LogP contribution >= 0.6 is 0 Å². The first-order valence-electron chi connectivity index (χ1n) is 6.08. The molecule has 2 rings (SSSR count). The number of carbonyl (C=O) groups excluding carboxylic acids is 1. The lowest BCUT2D eigenvalue weighted by molar-refractivity contribution is -0.385. The Hall–Kier alpha value is -3.40. The molecule has 0 spiro atoms. The van der Waals surface area contributed by atoms with Gasteiger partial charge >= 0.3 is 5.69 Å². The molecule has 0 aliphatic rings. The van der Waals surface area contributed by atoms with E-state index in [2.05, 4.69) is 0 Å². The van der Waals surface area contributed by atoms with Gasteiger partial charge in [-0.15, -0.1) is 0 Å². The normalized spacial score (nSPS) is 9.64. The van der Waals surface area contributed by atoms with Gasteiger partial charge in [0, 0.05) is 17.7 Å². The highest BCUT2D eigenvalue weighted by atomic mass is 16.6. The molecule has 7 heteroatoms. The summed E-state index contributed by atoms with van der Waals surface area (Å²) in [4.78, 5) is 21.2. The van der Waals surface area contributed by atoms with Crippen molar-refractivity contribution in [3.8, 4) is 23.3 Å². The van der Waals surface area contributed by atoms with Gasteiger partial charge in [-0.25, -0.2) is 0 Å². The Morgan fingerprint density at radius 1 is 1.18 bits per heavy atom. The number of hydrogen-bond acceptors (Lipinski definition) is 6. The number of benzene rings is 2. The number of carbonyl (C=O) groups is 1. The number of nitriles is 1. The van der Waals surface area contributed by atoms with Gasteiger partial charge in [0.15, 0.2) is 11.5 Å². The topological polar surface area (TPSA) is 102 Å². The van der Waals surface area contributed by atoms with Crippen LogP contribution in [-0.2, 0) is 0 Å². The Morgan fingerprint density at radius 3 is 2.55 bits per heavy atom. The number of aldehydes is 1. The Kier molecular flexibility index (Phi) is 4.34. The second-order valence-electron chi connectivity index (χ2n) is 4.18. The fourth-order valence-electron chi connectivity index (χ4n) is 1.78. The zero-order valence-electron chi connectivity index (χ0n) is 11.5. The van der Waals surface area contributed by atoms with Gasteiger partial charge in [-0.3, -0.25) is 14.9 Å². The minimum absolute atomic E-state index is 0.0822. The summed E-state index contributed by atoms with van der Waals surface area (Å²) in [6, 6.07) is 10.1. The fraction of sp³-hybridized carbons (Fsp3) is 0.0667. The molecule has 2 aromatic carbocycles. The molecule has 22 heavy (non-hydrogen) atoms. The highest BCUT2D eigenvalue weighted by Crippen LogP contribution is 2.37. The summed E-state index contributed by atoms with van der Waals surface area (Å²) in [5.74, 6) is 0.369. The fourth-order valence-corrected chi connectivity index (χ4v) is 1.78. The maximum atomic E-state index is 11.0. The molecule has 0 saturated heterocycles. The van der Waals surface area contributed by atoms with Crippen molar-refractivity contribution in [2.24, 2.45) is 0 Å². The average molecular weight is 298 g/mol. The number of methoxy groups -OCH3 is 1. The second kappa shape index (κ2) is 6.37. The van der Waals surface area contributed by atoms with E-state index in [-0.39, 0.29) is 28.5 Å². The molecule has 0 fully saturated rings. The molecule has 110 valence electrons. The number of nitro groups is 1. The second-order valence-corrected chi connectivity index (χ2v) is 4.18. The maximum absolute atomic E-state index is 11.0. The molecular formula is C15H10N2O5. The van der Waals surface area contributed by atoms with Gasteiger partial charge in [0.25, 0.3) is 0 Å². The molecule has 0 atom stereocenters. The van der Waals surface area contributed by atoms with E-state index in [0.29, 0.717) is 11.8 Å². The predicted octanol–water partition coefficient (Wildman–Crippen LogP) is 3.08. The molecule has 0 aliphatic heterocycles. The summed E-state index contributed by atoms with van der Waals surface area (Å²) in [6.07, 6.45) is 0.644. The van der Waals surface area contributed by atoms with Crippen molar-refractivity contribution in [1.29, 1.82) is 5.26 Å². The van der Waals surface area contributed by atoms with Gasteiger partial charge in [-0.1, -0.05) is 0 Å². The van der Waals surface area contributed by atoms with Crippen molar-refractivity contribution in [3.63, 3.8) is 0 Å². The summed E-state index contributed by atoms with van der Waals surface area (Å²) in [5, 5.41) is 19.9. The lowest BCUT2D eigenvalue weighted by Crippen LogP contribution is -1.96. The zero-order valence-corrected chi connectivity index (χ0v) is 11.5. The third kappa shape index (κ3) is 3.02. The third-order valence-electron chi connectivity index (χ3n) is 2.83. The molecule has 0 aliphatic carbocycles. The van der Waals surface area contributed by atoms with Crippen LogP contribution in [-0.4, -0.2) is 18.3 Å². The van der Waals surface area contributed by atoms with E-state index in [1.54, 1.807) is 0 Å². The van der Waals surface area contributed by atoms with Gasteiger partial charge in [0.1, 0.15) is 6.29 Å². The Bertz CT molecular complexity index is 780. The molecule has 0 unspecified atom stereocenters. The summed E-state index contributed by atoms with van der Waals surface area (Å²) in [5.41, 5.74) is 0.328. The molecule has 0 saturated carbocycles. The van der Waals surface area contributed by atoms with Crippen LogP contribution in [0.1, 0.15) is 15.9 Å². The van der Waals surface area contributed by atoms with E-state index in [1.807, 2.05) is 6.07 Å². The largest absolute Gasteiger partial charge is 0.493 e. The highest BCUT2D eigenvalue weighted by Gasteiger charge is 2.18. The van der Waals surface area contributed by atoms with Crippen molar-refractivity contribution < 1.29 is 19.2 Å². The first-order chi connectivity index (χ1) is 10.6. The van der Waals surface area contributed by atoms with Crippen LogP contribution < -0.4 is 9.47 Å². The molecule has 7 nitrogen and oxygen atoms in total. The van der Waals surface area contributed by atoms with Crippen molar-refractivity contribution >= 4 is 12.0 Å². The van der Waals surface area contributed by atoms with Crippen LogP contribution in [0.25, 0.3) is 0 Å². The van der Waals surface area contributed by atoms with Crippen LogP contribution in [0.5, 0.6) is 17.2 Å². The molecule has 0 amide bonds. The van der Waals surface area contributed by atoms with E-state index < -0.39 is 4.92 Å². The molecule has 2 aromatic rings. The van der Waals surface area contributed by atoms with Crippen molar-refractivity contribution in [2.75, 3.05) is 7.11 Å². The summed E-state index contributed by atoms with van der Waals surface area (Å²) < 4.78 is 10.6. The summed E-state index contributed by atoms with van der Waals surface area (Å²) in [7, 11) is 1.39. The number of nitrogens with zero attached hydrogens (tertiary/aromatic N) is 2. The Balaban J connectivity index is 2.48. The van der Waals surface area contributed by atoms with Crippen LogP contribution in [0, 0.1) is 21.4 Å². The quantitative estimate of drug-likeness (QED) is 0.477. The lowest BCUT2D eigenvalue weighted by Gasteiger charge is -2.11. The third-order valence-corrected chi connectivity index (χ3v) is 2.83. The van der Waals surface area contributed by atoms with Gasteiger partial charge in [0.05, 0.1) is 23.7 Å².